The van der Waals surface area contributed by atoms with Crippen LogP contribution >= 0.6 is 0 Å². The molecule has 2 atom stereocenters. The number of fused-ring (bicyclic) bond motifs is 2. The van der Waals surface area contributed by atoms with Crippen LogP contribution in [0.5, 0.6) is 0 Å². The van der Waals surface area contributed by atoms with Gasteiger partial charge in [0.1, 0.15) is 6.10 Å². The van der Waals surface area contributed by atoms with Gasteiger partial charge < -0.3 is 24.0 Å². The van der Waals surface area contributed by atoms with Crippen molar-refractivity contribution in [1.82, 2.24) is 20.0 Å². The lowest BCUT2D eigenvalue weighted by Gasteiger charge is -2.40. The zero-order valence-corrected chi connectivity index (χ0v) is 25.0. The van der Waals surface area contributed by atoms with E-state index in [4.69, 9.17) is 14.2 Å². The van der Waals surface area contributed by atoms with Crippen molar-refractivity contribution in [1.29, 1.82) is 0 Å². The number of hydrogen-bond donors (Lipinski definition) is 2. The minimum Gasteiger partial charge on any atom is -0.441 e. The summed E-state index contributed by atoms with van der Waals surface area (Å²) >= 11 is 0. The van der Waals surface area contributed by atoms with Gasteiger partial charge in [0.05, 0.1) is 36.5 Å². The summed E-state index contributed by atoms with van der Waals surface area (Å²) in [5, 5.41) is 11.0. The average Bonchev–Trinajstić information content (AvgIpc) is 3.71. The van der Waals surface area contributed by atoms with Crippen molar-refractivity contribution in [2.45, 2.75) is 57.3 Å². The summed E-state index contributed by atoms with van der Waals surface area (Å²) in [5.41, 5.74) is 4.82. The van der Waals surface area contributed by atoms with Gasteiger partial charge in [0.2, 0.25) is 11.8 Å². The largest absolute Gasteiger partial charge is 0.441 e. The highest BCUT2D eigenvalue weighted by Gasteiger charge is 2.42. The van der Waals surface area contributed by atoms with Crippen LogP contribution in [0.4, 0.5) is 10.5 Å². The van der Waals surface area contributed by atoms with Crippen LogP contribution in [-0.4, -0.2) is 83.1 Å². The summed E-state index contributed by atoms with van der Waals surface area (Å²) in [6.07, 6.45) is 4.36. The minimum atomic E-state index is -0.570. The lowest BCUT2D eigenvalue weighted by Crippen LogP contribution is -2.50. The summed E-state index contributed by atoms with van der Waals surface area (Å²) in [6, 6.07) is 11.9. The number of para-hydroxylation sites is 1. The Bertz CT molecular complexity index is 1550. The topological polar surface area (TPSA) is 126 Å². The SMILES string of the molecule is Cc1cc(CC(CC(=O)N2CCC(C3OC(=O)Nc4ccccc43)CC2)C(=O)N2CCC3(CC2)OCCO3)cc2cn[nH]c12. The van der Waals surface area contributed by atoms with E-state index < -0.39 is 17.8 Å². The highest BCUT2D eigenvalue weighted by atomic mass is 16.7. The molecule has 7 rings (SSSR count). The second kappa shape index (κ2) is 11.9. The van der Waals surface area contributed by atoms with Gasteiger partial charge in [0.25, 0.3) is 0 Å². The molecule has 3 fully saturated rings. The zero-order valence-electron chi connectivity index (χ0n) is 25.0. The summed E-state index contributed by atoms with van der Waals surface area (Å²) in [4.78, 5) is 43.8. The number of benzene rings is 2. The number of H-pyrrole nitrogens is 1. The Morgan fingerprint density at radius 1 is 1.05 bits per heavy atom. The number of carbonyl (C=O) groups is 3. The number of aromatic amines is 1. The normalized spacial score (nSPS) is 22.5. The number of likely N-dealkylation sites (tertiary alicyclic amines) is 2. The third-order valence-corrected chi connectivity index (χ3v) is 9.77. The van der Waals surface area contributed by atoms with E-state index in [0.29, 0.717) is 58.7 Å². The predicted molar refractivity (Wildman–Crippen MR) is 162 cm³/mol. The molecule has 1 spiro atoms. The number of nitrogens with one attached hydrogen (secondary N) is 2. The fourth-order valence-electron chi connectivity index (χ4n) is 7.39. The lowest BCUT2D eigenvalue weighted by molar-refractivity contribution is -0.188. The number of rotatable bonds is 6. The molecular weight excluding hydrogens is 562 g/mol. The van der Waals surface area contributed by atoms with Crippen molar-refractivity contribution in [2.24, 2.45) is 11.8 Å². The Morgan fingerprint density at radius 3 is 2.57 bits per heavy atom. The van der Waals surface area contributed by atoms with Crippen LogP contribution in [0.3, 0.4) is 0 Å². The van der Waals surface area contributed by atoms with E-state index in [-0.39, 0.29) is 30.3 Å². The Labute approximate surface area is 256 Å². The molecule has 44 heavy (non-hydrogen) atoms. The van der Waals surface area contributed by atoms with Gasteiger partial charge in [-0.15, -0.1) is 0 Å². The van der Waals surface area contributed by atoms with E-state index in [9.17, 15) is 14.4 Å². The van der Waals surface area contributed by atoms with Crippen molar-refractivity contribution >= 4 is 34.5 Å². The van der Waals surface area contributed by atoms with Gasteiger partial charge in [0.15, 0.2) is 5.79 Å². The molecule has 2 N–H and O–H groups in total. The number of piperidine rings is 2. The fraction of sp³-hybridized carbons (Fsp3) is 0.515. The van der Waals surface area contributed by atoms with Crippen molar-refractivity contribution < 1.29 is 28.6 Å². The Balaban J connectivity index is 1.04. The van der Waals surface area contributed by atoms with Crippen molar-refractivity contribution in [3.05, 3.63) is 59.3 Å². The third kappa shape index (κ3) is 5.66. The number of aryl methyl sites for hydroxylation is 1. The van der Waals surface area contributed by atoms with Crippen LogP contribution in [0.1, 0.15) is 54.9 Å². The van der Waals surface area contributed by atoms with Crippen LogP contribution in [0.2, 0.25) is 0 Å². The Hall–Kier alpha value is -3.96. The number of aromatic nitrogens is 2. The van der Waals surface area contributed by atoms with Gasteiger partial charge in [-0.1, -0.05) is 24.3 Å². The highest BCUT2D eigenvalue weighted by molar-refractivity contribution is 5.88. The molecular formula is C33H39N5O6. The van der Waals surface area contributed by atoms with Gasteiger partial charge in [-0.2, -0.15) is 5.10 Å². The van der Waals surface area contributed by atoms with Crippen LogP contribution in [0, 0.1) is 18.8 Å². The number of hydrogen-bond acceptors (Lipinski definition) is 7. The van der Waals surface area contributed by atoms with Gasteiger partial charge in [0, 0.05) is 62.3 Å². The molecule has 232 valence electrons. The first-order valence-electron chi connectivity index (χ1n) is 15.7. The van der Waals surface area contributed by atoms with E-state index >= 15 is 0 Å². The quantitative estimate of drug-likeness (QED) is 0.431. The number of cyclic esters (lactones) is 1. The maximum atomic E-state index is 14.0. The maximum absolute atomic E-state index is 14.0. The second-order valence-corrected chi connectivity index (χ2v) is 12.5. The summed E-state index contributed by atoms with van der Waals surface area (Å²) < 4.78 is 17.5. The molecule has 4 aliphatic rings. The second-order valence-electron chi connectivity index (χ2n) is 12.5. The minimum absolute atomic E-state index is 0.00394. The van der Waals surface area contributed by atoms with E-state index in [1.165, 1.54) is 0 Å². The average molecular weight is 602 g/mol. The molecule has 11 nitrogen and oxygen atoms in total. The lowest BCUT2D eigenvalue weighted by atomic mass is 9.85. The standard InChI is InChI=1S/C33H39N5O6/c1-21-16-22(18-25-20-34-36-29(21)25)17-24(31(40)38-12-8-33(9-13-38)42-14-15-43-33)19-28(39)37-10-6-23(7-11-37)30-26-4-2-3-5-27(26)35-32(41)44-30/h2-5,16,18,20,23-24,30H,6-15,17,19H2,1H3,(H,34,36)(H,35,41). The molecule has 3 saturated heterocycles. The summed E-state index contributed by atoms with van der Waals surface area (Å²) in [6.45, 7) is 5.43. The van der Waals surface area contributed by atoms with Crippen LogP contribution in [0.15, 0.2) is 42.6 Å². The van der Waals surface area contributed by atoms with Crippen LogP contribution in [-0.2, 0) is 30.2 Å². The molecule has 11 heteroatoms. The first kappa shape index (κ1) is 28.8. The number of carbonyl (C=O) groups excluding carboxylic acids is 3. The monoisotopic (exact) mass is 601 g/mol. The highest BCUT2D eigenvalue weighted by Crippen LogP contribution is 2.40. The van der Waals surface area contributed by atoms with Crippen molar-refractivity contribution in [3.8, 4) is 0 Å². The van der Waals surface area contributed by atoms with E-state index in [1.807, 2.05) is 41.0 Å². The molecule has 0 radical (unpaired) electrons. The number of amides is 3. The van der Waals surface area contributed by atoms with Crippen LogP contribution < -0.4 is 5.32 Å². The van der Waals surface area contributed by atoms with Crippen molar-refractivity contribution in [2.75, 3.05) is 44.7 Å². The van der Waals surface area contributed by atoms with Gasteiger partial charge in [-0.05, 0) is 49.4 Å². The number of ether oxygens (including phenoxy) is 3. The molecule has 4 aliphatic heterocycles. The molecule has 3 amide bonds. The molecule has 2 aromatic carbocycles. The van der Waals surface area contributed by atoms with Gasteiger partial charge >= 0.3 is 6.09 Å². The predicted octanol–water partition coefficient (Wildman–Crippen LogP) is 4.33. The molecule has 0 saturated carbocycles. The molecule has 5 heterocycles. The van der Waals surface area contributed by atoms with E-state index in [1.54, 1.807) is 6.20 Å². The first-order chi connectivity index (χ1) is 21.4. The summed E-state index contributed by atoms with van der Waals surface area (Å²) in [5.74, 6) is -0.945. The Morgan fingerprint density at radius 2 is 1.80 bits per heavy atom. The fourth-order valence-corrected chi connectivity index (χ4v) is 7.39. The smallest absolute Gasteiger partial charge is 0.412 e. The number of anilines is 1. The molecule has 3 aromatic rings. The zero-order chi connectivity index (χ0) is 30.3. The Kier molecular flexibility index (Phi) is 7.75. The van der Waals surface area contributed by atoms with Gasteiger partial charge in [-0.25, -0.2) is 4.79 Å². The molecule has 0 aliphatic carbocycles. The maximum Gasteiger partial charge on any atom is 0.412 e. The van der Waals surface area contributed by atoms with E-state index in [0.717, 1.165) is 46.1 Å². The molecule has 0 bridgehead atoms. The number of nitrogens with zero attached hydrogens (tertiary/aromatic N) is 3. The summed E-state index contributed by atoms with van der Waals surface area (Å²) in [7, 11) is 0. The van der Waals surface area contributed by atoms with Crippen molar-refractivity contribution in [3.63, 3.8) is 0 Å². The van der Waals surface area contributed by atoms with Crippen LogP contribution in [0.25, 0.3) is 10.9 Å². The molecule has 1 aromatic heterocycles. The van der Waals surface area contributed by atoms with E-state index in [2.05, 4.69) is 27.6 Å². The molecule has 2 unspecified atom stereocenters. The third-order valence-electron chi connectivity index (χ3n) is 9.77. The first-order valence-corrected chi connectivity index (χ1v) is 15.7. The van der Waals surface area contributed by atoms with Gasteiger partial charge in [-0.3, -0.25) is 20.0 Å².